The van der Waals surface area contributed by atoms with Gasteiger partial charge in [0.05, 0.1) is 0 Å². The van der Waals surface area contributed by atoms with Gasteiger partial charge in [-0.05, 0) is 12.1 Å². The third-order valence-electron chi connectivity index (χ3n) is 1.44. The summed E-state index contributed by atoms with van der Waals surface area (Å²) in [6.45, 7) is -0.201. The normalized spacial score (nSPS) is 11.6. The molecule has 0 aliphatic carbocycles. The van der Waals surface area contributed by atoms with Crippen LogP contribution in [0.4, 0.5) is 0 Å². The molecule has 0 aromatic heterocycles. The van der Waals surface area contributed by atoms with E-state index in [0.717, 1.165) is 5.19 Å². The lowest BCUT2D eigenvalue weighted by Gasteiger charge is -2.15. The Bertz CT molecular complexity index is 238. The lowest BCUT2D eigenvalue weighted by molar-refractivity contribution is 0.356. The van der Waals surface area contributed by atoms with Crippen molar-refractivity contribution < 1.29 is 4.43 Å². The summed E-state index contributed by atoms with van der Waals surface area (Å²) in [4.78, 5) is 0. The van der Waals surface area contributed by atoms with Gasteiger partial charge in [0.15, 0.2) is 0 Å². The molecule has 0 aliphatic heterocycles. The van der Waals surface area contributed by atoms with E-state index in [0.29, 0.717) is 6.61 Å². The van der Waals surface area contributed by atoms with Crippen molar-refractivity contribution in [3.63, 3.8) is 0 Å². The highest BCUT2D eigenvalue weighted by Gasteiger charge is 2.32. The van der Waals surface area contributed by atoms with E-state index in [-0.39, 0.29) is 0 Å². The average molecular weight is 221 g/mol. The van der Waals surface area contributed by atoms with E-state index in [1.807, 2.05) is 37.3 Å². The van der Waals surface area contributed by atoms with Gasteiger partial charge in [0.2, 0.25) is 0 Å². The van der Waals surface area contributed by atoms with E-state index in [1.165, 1.54) is 0 Å². The summed E-state index contributed by atoms with van der Waals surface area (Å²) in [7, 11) is 0. The molecule has 1 nitrogen and oxygen atoms in total. The minimum absolute atomic E-state index is 0.550. The molecule has 4 heteroatoms. The Morgan fingerprint density at radius 1 is 1.25 bits per heavy atom. The van der Waals surface area contributed by atoms with Crippen molar-refractivity contribution in [1.29, 1.82) is 0 Å². The predicted octanol–water partition coefficient (Wildman–Crippen LogP) is 2.35. The zero-order valence-electron chi connectivity index (χ0n) is 6.76. The SMILES string of the molecule is CCO[Si](Cl)(Cl)c1ccccc1. The highest BCUT2D eigenvalue weighted by Crippen LogP contribution is 2.15. The summed E-state index contributed by atoms with van der Waals surface area (Å²) >= 11 is 12.1. The van der Waals surface area contributed by atoms with E-state index in [9.17, 15) is 0 Å². The summed E-state index contributed by atoms with van der Waals surface area (Å²) in [5, 5.41) is 0.898. The van der Waals surface area contributed by atoms with E-state index in [4.69, 9.17) is 26.6 Å². The Hall–Kier alpha value is -0.0231. The maximum Gasteiger partial charge on any atom is 0.423 e. The van der Waals surface area contributed by atoms with Crippen molar-refractivity contribution in [2.24, 2.45) is 0 Å². The largest absolute Gasteiger partial charge is 0.423 e. The van der Waals surface area contributed by atoms with Crippen LogP contribution in [0.1, 0.15) is 6.92 Å². The van der Waals surface area contributed by atoms with Crippen LogP contribution in [0.3, 0.4) is 0 Å². The molecule has 0 saturated carbocycles. The van der Waals surface area contributed by atoms with Crippen LogP contribution in [0.25, 0.3) is 0 Å². The standard InChI is InChI=1S/C8H10Cl2OSi/c1-2-11-12(9,10)8-6-4-3-5-7-8/h3-7H,2H2,1H3. The molecule has 1 aromatic rings. The second-order valence-corrected chi connectivity index (χ2v) is 7.99. The van der Waals surface area contributed by atoms with Crippen molar-refractivity contribution in [1.82, 2.24) is 0 Å². The summed E-state index contributed by atoms with van der Waals surface area (Å²) in [6, 6.07) is 9.51. The van der Waals surface area contributed by atoms with E-state index in [1.54, 1.807) is 0 Å². The smallest absolute Gasteiger partial charge is 0.389 e. The second kappa shape index (κ2) is 4.28. The van der Waals surface area contributed by atoms with Crippen LogP contribution in [-0.4, -0.2) is 13.5 Å². The van der Waals surface area contributed by atoms with Crippen molar-refractivity contribution >= 4 is 34.3 Å². The third kappa shape index (κ3) is 2.49. The molecule has 66 valence electrons. The molecule has 0 amide bonds. The topological polar surface area (TPSA) is 9.23 Å². The molecular weight excluding hydrogens is 211 g/mol. The molecular formula is C8H10Cl2OSi. The average Bonchev–Trinajstić information content (AvgIpc) is 2.06. The number of halogens is 2. The molecule has 0 N–H and O–H groups in total. The van der Waals surface area contributed by atoms with Crippen LogP contribution in [0.5, 0.6) is 0 Å². The molecule has 1 rings (SSSR count). The molecule has 0 radical (unpaired) electrons. The lowest BCUT2D eigenvalue weighted by Crippen LogP contribution is -2.39. The summed E-state index contributed by atoms with van der Waals surface area (Å²) in [5.74, 6) is 0. The lowest BCUT2D eigenvalue weighted by atomic mass is 10.4. The Morgan fingerprint density at radius 3 is 2.33 bits per heavy atom. The third-order valence-corrected chi connectivity index (χ3v) is 5.06. The van der Waals surface area contributed by atoms with Gasteiger partial charge < -0.3 is 4.43 Å². The quantitative estimate of drug-likeness (QED) is 0.562. The molecule has 0 saturated heterocycles. The highest BCUT2D eigenvalue weighted by molar-refractivity contribution is 7.48. The molecule has 0 spiro atoms. The Morgan fingerprint density at radius 2 is 1.83 bits per heavy atom. The number of hydrogen-bond acceptors (Lipinski definition) is 1. The minimum Gasteiger partial charge on any atom is -0.389 e. The molecule has 1 aromatic carbocycles. The number of rotatable bonds is 3. The van der Waals surface area contributed by atoms with Gasteiger partial charge in [-0.25, -0.2) is 0 Å². The maximum atomic E-state index is 6.04. The van der Waals surface area contributed by atoms with Crippen LogP contribution >= 0.6 is 22.2 Å². The van der Waals surface area contributed by atoms with Crippen molar-refractivity contribution in [2.75, 3.05) is 6.61 Å². The summed E-state index contributed by atoms with van der Waals surface area (Å²) in [6.07, 6.45) is 0. The van der Waals surface area contributed by atoms with Crippen LogP contribution in [0.2, 0.25) is 0 Å². The molecule has 0 aliphatic rings. The first kappa shape index (κ1) is 10.1. The first-order valence-corrected chi connectivity index (χ1v) is 7.67. The molecule has 0 heterocycles. The van der Waals surface area contributed by atoms with E-state index < -0.39 is 6.94 Å². The number of benzene rings is 1. The van der Waals surface area contributed by atoms with Gasteiger partial charge in [-0.15, -0.1) is 22.2 Å². The van der Waals surface area contributed by atoms with Gasteiger partial charge in [-0.2, -0.15) is 0 Å². The van der Waals surface area contributed by atoms with E-state index >= 15 is 0 Å². The fourth-order valence-corrected chi connectivity index (χ4v) is 3.42. The molecule has 0 fully saturated rings. The van der Waals surface area contributed by atoms with E-state index in [2.05, 4.69) is 0 Å². The fourth-order valence-electron chi connectivity index (χ4n) is 0.897. The molecule has 0 unspecified atom stereocenters. The van der Waals surface area contributed by atoms with Gasteiger partial charge in [-0.3, -0.25) is 0 Å². The van der Waals surface area contributed by atoms with Crippen LogP contribution in [-0.2, 0) is 4.43 Å². The molecule has 12 heavy (non-hydrogen) atoms. The van der Waals surface area contributed by atoms with Crippen molar-refractivity contribution in [3.05, 3.63) is 30.3 Å². The van der Waals surface area contributed by atoms with Gasteiger partial charge in [-0.1, -0.05) is 30.3 Å². The van der Waals surface area contributed by atoms with Gasteiger partial charge in [0, 0.05) is 6.61 Å². The Kier molecular flexibility index (Phi) is 3.59. The molecule has 0 atom stereocenters. The highest BCUT2D eigenvalue weighted by atomic mass is 35.7. The van der Waals surface area contributed by atoms with Gasteiger partial charge >= 0.3 is 6.94 Å². The number of hydrogen-bond donors (Lipinski definition) is 0. The van der Waals surface area contributed by atoms with Gasteiger partial charge in [0.25, 0.3) is 0 Å². The monoisotopic (exact) mass is 220 g/mol. The Balaban J connectivity index is 2.82. The van der Waals surface area contributed by atoms with Crippen LogP contribution in [0.15, 0.2) is 30.3 Å². The summed E-state index contributed by atoms with van der Waals surface area (Å²) < 4.78 is 5.29. The molecule has 0 bridgehead atoms. The first-order chi connectivity index (χ1) is 5.67. The zero-order chi connectivity index (χ0) is 9.03. The van der Waals surface area contributed by atoms with Gasteiger partial charge in [0.1, 0.15) is 0 Å². The van der Waals surface area contributed by atoms with Crippen LogP contribution < -0.4 is 5.19 Å². The minimum atomic E-state index is -2.63. The second-order valence-electron chi connectivity index (χ2n) is 2.32. The zero-order valence-corrected chi connectivity index (χ0v) is 9.27. The van der Waals surface area contributed by atoms with Crippen LogP contribution in [0, 0.1) is 0 Å². The van der Waals surface area contributed by atoms with Crippen molar-refractivity contribution in [3.8, 4) is 0 Å². The predicted molar refractivity (Wildman–Crippen MR) is 55.2 cm³/mol. The van der Waals surface area contributed by atoms with Crippen molar-refractivity contribution in [2.45, 2.75) is 6.92 Å². The fraction of sp³-hybridized carbons (Fsp3) is 0.250. The maximum absolute atomic E-state index is 6.04. The first-order valence-electron chi connectivity index (χ1n) is 3.74. The summed E-state index contributed by atoms with van der Waals surface area (Å²) in [5.41, 5.74) is 0. The Labute approximate surface area is 82.8 Å².